The zero-order valence-electron chi connectivity index (χ0n) is 14.2. The van der Waals surface area contributed by atoms with Gasteiger partial charge in [-0.15, -0.1) is 0 Å². The smallest absolute Gasteiger partial charge is 0.277 e. The first kappa shape index (κ1) is 17.9. The van der Waals surface area contributed by atoms with Crippen molar-refractivity contribution in [3.8, 4) is 0 Å². The number of halogens is 1. The fourth-order valence-electron chi connectivity index (χ4n) is 2.45. The van der Waals surface area contributed by atoms with E-state index in [1.807, 2.05) is 6.92 Å². The molecule has 2 aromatic heterocycles. The molecule has 0 saturated heterocycles. The molecule has 2 N–H and O–H groups in total. The van der Waals surface area contributed by atoms with Crippen LogP contribution < -0.4 is 10.6 Å². The molecule has 9 heteroatoms. The third-order valence-corrected chi connectivity index (χ3v) is 4.21. The number of aromatic nitrogens is 4. The number of carbonyl (C=O) groups excluding carboxylic acids is 2. The third-order valence-electron chi connectivity index (χ3n) is 3.63. The van der Waals surface area contributed by atoms with Crippen LogP contribution in [-0.2, 0) is 13.6 Å². The van der Waals surface area contributed by atoms with E-state index in [1.165, 1.54) is 0 Å². The number of nitrogens with zero attached hydrogens (tertiary/aromatic N) is 4. The van der Waals surface area contributed by atoms with Crippen molar-refractivity contribution in [2.75, 3.05) is 10.6 Å². The number of benzene rings is 1. The lowest BCUT2D eigenvalue weighted by Gasteiger charge is -2.09. The van der Waals surface area contributed by atoms with Gasteiger partial charge in [0.1, 0.15) is 5.69 Å². The predicted molar refractivity (Wildman–Crippen MR) is 101 cm³/mol. The molecule has 3 aromatic rings. The zero-order chi connectivity index (χ0) is 18.7. The van der Waals surface area contributed by atoms with Gasteiger partial charge in [0.25, 0.3) is 11.8 Å². The second-order valence-corrected chi connectivity index (χ2v) is 6.37. The maximum atomic E-state index is 12.4. The van der Waals surface area contributed by atoms with Crippen LogP contribution >= 0.6 is 15.9 Å². The molecule has 0 atom stereocenters. The average molecular weight is 417 g/mol. The predicted octanol–water partition coefficient (Wildman–Crippen LogP) is 2.90. The van der Waals surface area contributed by atoms with Crippen LogP contribution in [0.2, 0.25) is 0 Å². The molecule has 26 heavy (non-hydrogen) atoms. The van der Waals surface area contributed by atoms with Crippen LogP contribution in [0, 0.1) is 0 Å². The van der Waals surface area contributed by atoms with Gasteiger partial charge in [-0.2, -0.15) is 10.2 Å². The van der Waals surface area contributed by atoms with E-state index in [1.54, 1.807) is 59.1 Å². The van der Waals surface area contributed by atoms with Gasteiger partial charge < -0.3 is 10.6 Å². The largest absolute Gasteiger partial charge is 0.321 e. The summed E-state index contributed by atoms with van der Waals surface area (Å²) in [5.41, 5.74) is 1.87. The summed E-state index contributed by atoms with van der Waals surface area (Å²) in [4.78, 5) is 24.7. The molecule has 2 heterocycles. The highest BCUT2D eigenvalue weighted by atomic mass is 79.9. The zero-order valence-corrected chi connectivity index (χ0v) is 15.8. The van der Waals surface area contributed by atoms with Gasteiger partial charge in [0.05, 0.1) is 4.47 Å². The number of rotatable bonds is 5. The molecule has 0 aliphatic rings. The Kier molecular flexibility index (Phi) is 5.17. The second kappa shape index (κ2) is 7.52. The van der Waals surface area contributed by atoms with E-state index in [9.17, 15) is 9.59 Å². The summed E-state index contributed by atoms with van der Waals surface area (Å²) in [5.74, 6) is -0.606. The maximum Gasteiger partial charge on any atom is 0.277 e. The Morgan fingerprint density at radius 3 is 2.46 bits per heavy atom. The van der Waals surface area contributed by atoms with Crippen LogP contribution in [0.4, 0.5) is 11.4 Å². The minimum absolute atomic E-state index is 0.264. The lowest BCUT2D eigenvalue weighted by atomic mass is 10.2. The standard InChI is InChI=1S/C17H17BrN6O2/c1-3-24-14(7-8-19-24)16(25)20-11-5-4-6-12(9-11)21-17(26)15-13(18)10-23(2)22-15/h4-10H,3H2,1-2H3,(H,20,25)(H,21,26). The Labute approximate surface area is 158 Å². The average Bonchev–Trinajstić information content (AvgIpc) is 3.21. The molecule has 0 aliphatic heterocycles. The number of hydrogen-bond acceptors (Lipinski definition) is 4. The van der Waals surface area contributed by atoms with Crippen molar-refractivity contribution in [3.05, 3.63) is 58.6 Å². The number of hydrogen-bond donors (Lipinski definition) is 2. The normalized spacial score (nSPS) is 10.6. The molecule has 0 radical (unpaired) electrons. The molecular weight excluding hydrogens is 400 g/mol. The van der Waals surface area contributed by atoms with Gasteiger partial charge >= 0.3 is 0 Å². The number of nitrogens with one attached hydrogen (secondary N) is 2. The van der Waals surface area contributed by atoms with Crippen molar-refractivity contribution in [1.82, 2.24) is 19.6 Å². The van der Waals surface area contributed by atoms with Crippen molar-refractivity contribution in [2.45, 2.75) is 13.5 Å². The molecule has 0 aliphatic carbocycles. The highest BCUT2D eigenvalue weighted by molar-refractivity contribution is 9.10. The summed E-state index contributed by atoms with van der Waals surface area (Å²) in [7, 11) is 1.73. The van der Waals surface area contributed by atoms with Gasteiger partial charge in [-0.05, 0) is 47.1 Å². The Balaban J connectivity index is 1.73. The topological polar surface area (TPSA) is 93.8 Å². The van der Waals surface area contributed by atoms with Crippen LogP contribution in [0.25, 0.3) is 0 Å². The van der Waals surface area contributed by atoms with E-state index in [0.717, 1.165) is 0 Å². The van der Waals surface area contributed by atoms with Crippen molar-refractivity contribution in [3.63, 3.8) is 0 Å². The third kappa shape index (κ3) is 3.83. The van der Waals surface area contributed by atoms with E-state index < -0.39 is 0 Å². The second-order valence-electron chi connectivity index (χ2n) is 5.52. The summed E-state index contributed by atoms with van der Waals surface area (Å²) < 4.78 is 3.77. The molecule has 0 bridgehead atoms. The molecular formula is C17H17BrN6O2. The fourth-order valence-corrected chi connectivity index (χ4v) is 3.01. The van der Waals surface area contributed by atoms with Crippen LogP contribution in [0.1, 0.15) is 27.9 Å². The number of anilines is 2. The van der Waals surface area contributed by atoms with E-state index in [0.29, 0.717) is 28.1 Å². The summed E-state index contributed by atoms with van der Waals surface area (Å²) in [5, 5.41) is 13.8. The van der Waals surface area contributed by atoms with E-state index >= 15 is 0 Å². The van der Waals surface area contributed by atoms with Gasteiger partial charge in [-0.1, -0.05) is 6.07 Å². The number of aryl methyl sites for hydroxylation is 2. The highest BCUT2D eigenvalue weighted by Gasteiger charge is 2.15. The van der Waals surface area contributed by atoms with Crippen molar-refractivity contribution >= 4 is 39.1 Å². The molecule has 1 aromatic carbocycles. The first-order valence-corrected chi connectivity index (χ1v) is 8.71. The van der Waals surface area contributed by atoms with Gasteiger partial charge in [0.15, 0.2) is 5.69 Å². The Morgan fingerprint density at radius 2 is 1.85 bits per heavy atom. The minimum atomic E-state index is -0.343. The van der Waals surface area contributed by atoms with E-state index in [4.69, 9.17) is 0 Å². The van der Waals surface area contributed by atoms with Gasteiger partial charge in [0, 0.05) is 37.4 Å². The van der Waals surface area contributed by atoms with E-state index in [2.05, 4.69) is 36.8 Å². The number of amides is 2. The fraction of sp³-hybridized carbons (Fsp3) is 0.176. The molecule has 0 fully saturated rings. The minimum Gasteiger partial charge on any atom is -0.321 e. The van der Waals surface area contributed by atoms with Crippen molar-refractivity contribution in [2.24, 2.45) is 7.05 Å². The quantitative estimate of drug-likeness (QED) is 0.668. The van der Waals surface area contributed by atoms with E-state index in [-0.39, 0.29) is 17.5 Å². The number of carbonyl (C=O) groups is 2. The Morgan fingerprint density at radius 1 is 1.15 bits per heavy atom. The Bertz CT molecular complexity index is 962. The summed E-state index contributed by atoms with van der Waals surface area (Å²) in [6, 6.07) is 8.57. The first-order valence-electron chi connectivity index (χ1n) is 7.91. The first-order chi connectivity index (χ1) is 12.5. The van der Waals surface area contributed by atoms with Crippen LogP contribution in [0.5, 0.6) is 0 Å². The van der Waals surface area contributed by atoms with Gasteiger partial charge in [-0.3, -0.25) is 19.0 Å². The lowest BCUT2D eigenvalue weighted by Crippen LogP contribution is -2.18. The van der Waals surface area contributed by atoms with Crippen LogP contribution in [0.15, 0.2) is 47.2 Å². The van der Waals surface area contributed by atoms with Crippen LogP contribution in [-0.4, -0.2) is 31.4 Å². The van der Waals surface area contributed by atoms with Crippen molar-refractivity contribution in [1.29, 1.82) is 0 Å². The molecule has 0 spiro atoms. The molecule has 0 saturated carbocycles. The van der Waals surface area contributed by atoms with Gasteiger partial charge in [0.2, 0.25) is 0 Å². The molecule has 8 nitrogen and oxygen atoms in total. The Hall–Kier alpha value is -2.94. The summed E-state index contributed by atoms with van der Waals surface area (Å²) in [6.07, 6.45) is 3.28. The van der Waals surface area contributed by atoms with Gasteiger partial charge in [-0.25, -0.2) is 0 Å². The molecule has 2 amide bonds. The van der Waals surface area contributed by atoms with Crippen molar-refractivity contribution < 1.29 is 9.59 Å². The monoisotopic (exact) mass is 416 g/mol. The lowest BCUT2D eigenvalue weighted by molar-refractivity contribution is 0.101. The maximum absolute atomic E-state index is 12.4. The molecule has 134 valence electrons. The highest BCUT2D eigenvalue weighted by Crippen LogP contribution is 2.19. The molecule has 0 unspecified atom stereocenters. The SMILES string of the molecule is CCn1nccc1C(=O)Nc1cccc(NC(=O)c2nn(C)cc2Br)c1. The summed E-state index contributed by atoms with van der Waals surface area (Å²) >= 11 is 3.30. The summed E-state index contributed by atoms with van der Waals surface area (Å²) in [6.45, 7) is 2.51. The van der Waals surface area contributed by atoms with Crippen LogP contribution in [0.3, 0.4) is 0 Å². The molecule has 3 rings (SSSR count).